The number of nitrogens with one attached hydrogen (secondary N) is 1. The standard InChI is InChI=1S/C23H28ClN3O2/c1-3-7-23(28)25-13-12-22-26-20-8-4-5-9-21(20)27(22)14-6-15-29-18-10-11-19(24)17(2)16-18/h4-5,8-11,16H,3,6-7,12-15H2,1-2H3,(H,25,28). The van der Waals surface area contributed by atoms with E-state index in [0.29, 0.717) is 26.0 Å². The number of carbonyl (C=O) groups is 1. The largest absolute Gasteiger partial charge is 0.494 e. The maximum atomic E-state index is 11.7. The molecule has 1 aromatic heterocycles. The van der Waals surface area contributed by atoms with Crippen LogP contribution in [0.5, 0.6) is 5.75 Å². The first-order valence-electron chi connectivity index (χ1n) is 10.2. The van der Waals surface area contributed by atoms with Gasteiger partial charge in [-0.2, -0.15) is 0 Å². The number of imidazole rings is 1. The Hall–Kier alpha value is -2.53. The number of ether oxygens (including phenoxy) is 1. The van der Waals surface area contributed by atoms with E-state index in [2.05, 4.69) is 16.0 Å². The van der Waals surface area contributed by atoms with Gasteiger partial charge in [-0.3, -0.25) is 4.79 Å². The molecule has 0 bridgehead atoms. The van der Waals surface area contributed by atoms with Gasteiger partial charge in [0.25, 0.3) is 0 Å². The lowest BCUT2D eigenvalue weighted by atomic mass is 10.2. The Morgan fingerprint density at radius 1 is 1.24 bits per heavy atom. The Labute approximate surface area is 177 Å². The highest BCUT2D eigenvalue weighted by Gasteiger charge is 2.11. The molecule has 154 valence electrons. The van der Waals surface area contributed by atoms with Crippen LogP contribution in [0.4, 0.5) is 0 Å². The van der Waals surface area contributed by atoms with Crippen LogP contribution in [-0.4, -0.2) is 28.6 Å². The summed E-state index contributed by atoms with van der Waals surface area (Å²) in [5.74, 6) is 1.92. The van der Waals surface area contributed by atoms with Crippen molar-refractivity contribution in [2.24, 2.45) is 0 Å². The molecule has 3 aromatic rings. The summed E-state index contributed by atoms with van der Waals surface area (Å²) < 4.78 is 8.12. The number of aryl methyl sites for hydroxylation is 2. The molecular formula is C23H28ClN3O2. The van der Waals surface area contributed by atoms with E-state index in [0.717, 1.165) is 52.6 Å². The number of para-hydroxylation sites is 2. The van der Waals surface area contributed by atoms with Gasteiger partial charge in [0.15, 0.2) is 0 Å². The van der Waals surface area contributed by atoms with Crippen LogP contribution in [-0.2, 0) is 17.8 Å². The normalized spacial score (nSPS) is 11.0. The summed E-state index contributed by atoms with van der Waals surface area (Å²) in [4.78, 5) is 16.5. The molecule has 0 unspecified atom stereocenters. The van der Waals surface area contributed by atoms with Gasteiger partial charge in [-0.05, 0) is 55.7 Å². The zero-order chi connectivity index (χ0) is 20.6. The third-order valence-corrected chi connectivity index (χ3v) is 5.23. The monoisotopic (exact) mass is 413 g/mol. The maximum absolute atomic E-state index is 11.7. The number of carbonyl (C=O) groups excluding carboxylic acids is 1. The molecule has 29 heavy (non-hydrogen) atoms. The quantitative estimate of drug-likeness (QED) is 0.479. The van der Waals surface area contributed by atoms with Gasteiger partial charge in [0.1, 0.15) is 11.6 Å². The lowest BCUT2D eigenvalue weighted by molar-refractivity contribution is -0.121. The van der Waals surface area contributed by atoms with Crippen LogP contribution in [0.2, 0.25) is 5.02 Å². The fourth-order valence-corrected chi connectivity index (χ4v) is 3.43. The average Bonchev–Trinajstić information content (AvgIpc) is 3.05. The van der Waals surface area contributed by atoms with E-state index in [1.807, 2.05) is 50.2 Å². The molecule has 0 aliphatic rings. The first-order chi connectivity index (χ1) is 14.1. The average molecular weight is 414 g/mol. The molecule has 0 aliphatic carbocycles. The Kier molecular flexibility index (Phi) is 7.53. The van der Waals surface area contributed by atoms with Gasteiger partial charge in [-0.1, -0.05) is 30.7 Å². The number of amides is 1. The van der Waals surface area contributed by atoms with Crippen LogP contribution in [0.15, 0.2) is 42.5 Å². The Morgan fingerprint density at radius 2 is 2.07 bits per heavy atom. The van der Waals surface area contributed by atoms with E-state index in [4.69, 9.17) is 21.3 Å². The van der Waals surface area contributed by atoms with Crippen molar-refractivity contribution in [1.29, 1.82) is 0 Å². The number of fused-ring (bicyclic) bond motifs is 1. The summed E-state index contributed by atoms with van der Waals surface area (Å²) in [5.41, 5.74) is 3.11. The number of nitrogens with zero attached hydrogens (tertiary/aromatic N) is 2. The van der Waals surface area contributed by atoms with Gasteiger partial charge in [0.2, 0.25) is 5.91 Å². The Bertz CT molecular complexity index is 968. The molecule has 1 N–H and O–H groups in total. The fraction of sp³-hybridized carbons (Fsp3) is 0.391. The predicted octanol–water partition coefficient (Wildman–Crippen LogP) is 4.93. The molecule has 1 amide bonds. The predicted molar refractivity (Wildman–Crippen MR) is 118 cm³/mol. The smallest absolute Gasteiger partial charge is 0.219 e. The van der Waals surface area contributed by atoms with Gasteiger partial charge in [0, 0.05) is 31.0 Å². The number of hydrogen-bond donors (Lipinski definition) is 1. The minimum Gasteiger partial charge on any atom is -0.494 e. The van der Waals surface area contributed by atoms with Crippen LogP contribution < -0.4 is 10.1 Å². The second-order valence-corrected chi connectivity index (χ2v) is 7.54. The molecule has 0 fully saturated rings. The van der Waals surface area contributed by atoms with Gasteiger partial charge in [0.05, 0.1) is 17.6 Å². The molecule has 0 radical (unpaired) electrons. The zero-order valence-corrected chi connectivity index (χ0v) is 17.8. The van der Waals surface area contributed by atoms with Gasteiger partial charge in [-0.15, -0.1) is 0 Å². The molecule has 0 atom stereocenters. The van der Waals surface area contributed by atoms with E-state index in [1.54, 1.807) is 0 Å². The molecule has 6 heteroatoms. The summed E-state index contributed by atoms with van der Waals surface area (Å²) in [7, 11) is 0. The molecule has 3 rings (SSSR count). The second kappa shape index (κ2) is 10.3. The van der Waals surface area contributed by atoms with Crippen molar-refractivity contribution in [3.8, 4) is 5.75 Å². The first kappa shape index (κ1) is 21.2. The molecule has 5 nitrogen and oxygen atoms in total. The molecule has 0 saturated heterocycles. The topological polar surface area (TPSA) is 56.2 Å². The van der Waals surface area contributed by atoms with Crippen LogP contribution >= 0.6 is 11.6 Å². The minimum absolute atomic E-state index is 0.0989. The molecular weight excluding hydrogens is 386 g/mol. The third kappa shape index (κ3) is 5.73. The fourth-order valence-electron chi connectivity index (χ4n) is 3.31. The minimum atomic E-state index is 0.0989. The van der Waals surface area contributed by atoms with E-state index in [1.165, 1.54) is 0 Å². The van der Waals surface area contributed by atoms with Crippen LogP contribution in [0.1, 0.15) is 37.6 Å². The summed E-state index contributed by atoms with van der Waals surface area (Å²) in [5, 5.41) is 3.72. The summed E-state index contributed by atoms with van der Waals surface area (Å²) in [6, 6.07) is 13.9. The third-order valence-electron chi connectivity index (χ3n) is 4.81. The Morgan fingerprint density at radius 3 is 2.86 bits per heavy atom. The molecule has 2 aromatic carbocycles. The summed E-state index contributed by atoms with van der Waals surface area (Å²) in [6.45, 7) is 6.00. The molecule has 1 heterocycles. The summed E-state index contributed by atoms with van der Waals surface area (Å²) >= 11 is 6.07. The lowest BCUT2D eigenvalue weighted by Crippen LogP contribution is -2.26. The van der Waals surface area contributed by atoms with E-state index in [9.17, 15) is 4.79 Å². The van der Waals surface area contributed by atoms with Crippen molar-refractivity contribution >= 4 is 28.5 Å². The molecule has 0 saturated carbocycles. The number of hydrogen-bond acceptors (Lipinski definition) is 3. The van der Waals surface area contributed by atoms with Gasteiger partial charge < -0.3 is 14.6 Å². The van der Waals surface area contributed by atoms with E-state index >= 15 is 0 Å². The van der Waals surface area contributed by atoms with Gasteiger partial charge in [-0.25, -0.2) is 4.98 Å². The van der Waals surface area contributed by atoms with Crippen molar-refractivity contribution in [3.05, 3.63) is 58.9 Å². The zero-order valence-electron chi connectivity index (χ0n) is 17.1. The van der Waals surface area contributed by atoms with Crippen molar-refractivity contribution in [2.45, 2.75) is 46.1 Å². The maximum Gasteiger partial charge on any atom is 0.219 e. The van der Waals surface area contributed by atoms with Crippen molar-refractivity contribution in [1.82, 2.24) is 14.9 Å². The highest BCUT2D eigenvalue weighted by atomic mass is 35.5. The molecule has 0 spiro atoms. The van der Waals surface area contributed by atoms with E-state index in [-0.39, 0.29) is 5.91 Å². The van der Waals surface area contributed by atoms with E-state index < -0.39 is 0 Å². The van der Waals surface area contributed by atoms with Crippen molar-refractivity contribution in [2.75, 3.05) is 13.2 Å². The number of benzene rings is 2. The Balaban J connectivity index is 1.60. The number of aromatic nitrogens is 2. The lowest BCUT2D eigenvalue weighted by Gasteiger charge is -2.11. The van der Waals surface area contributed by atoms with Gasteiger partial charge >= 0.3 is 0 Å². The number of rotatable bonds is 10. The number of halogens is 1. The van der Waals surface area contributed by atoms with Crippen LogP contribution in [0.25, 0.3) is 11.0 Å². The first-order valence-corrected chi connectivity index (χ1v) is 10.6. The highest BCUT2D eigenvalue weighted by Crippen LogP contribution is 2.21. The molecule has 0 aliphatic heterocycles. The van der Waals surface area contributed by atoms with Crippen LogP contribution in [0.3, 0.4) is 0 Å². The second-order valence-electron chi connectivity index (χ2n) is 7.13. The van der Waals surface area contributed by atoms with Crippen LogP contribution in [0, 0.1) is 6.92 Å². The van der Waals surface area contributed by atoms with Crippen molar-refractivity contribution < 1.29 is 9.53 Å². The summed E-state index contributed by atoms with van der Waals surface area (Å²) in [6.07, 6.45) is 2.99. The van der Waals surface area contributed by atoms with Crippen molar-refractivity contribution in [3.63, 3.8) is 0 Å². The SMILES string of the molecule is CCCC(=O)NCCc1nc2ccccc2n1CCCOc1ccc(Cl)c(C)c1. The highest BCUT2D eigenvalue weighted by molar-refractivity contribution is 6.31.